The molecule has 0 aliphatic heterocycles. The summed E-state index contributed by atoms with van der Waals surface area (Å²) in [5, 5.41) is 11.6. The van der Waals surface area contributed by atoms with Crippen LogP contribution in [0.15, 0.2) is 12.2 Å². The van der Waals surface area contributed by atoms with Crippen molar-refractivity contribution >= 4 is 5.91 Å². The van der Waals surface area contributed by atoms with Gasteiger partial charge in [0.15, 0.2) is 0 Å². The Kier molecular flexibility index (Phi) is 12.0. The van der Waals surface area contributed by atoms with E-state index in [2.05, 4.69) is 12.3 Å². The lowest BCUT2D eigenvalue weighted by atomic mass is 10.1. The number of nitrogens with one attached hydrogen (secondary N) is 1. The van der Waals surface area contributed by atoms with E-state index in [4.69, 9.17) is 0 Å². The smallest absolute Gasteiger partial charge is 0.257 e. The van der Waals surface area contributed by atoms with Crippen molar-refractivity contribution in [3.05, 3.63) is 17.4 Å². The molecule has 0 radical (unpaired) electrons. The Bertz CT molecular complexity index is 230. The number of carbonyl (C=O) groups is 1. The summed E-state index contributed by atoms with van der Waals surface area (Å²) in [6.07, 6.45) is 12.4. The van der Waals surface area contributed by atoms with E-state index in [9.17, 15) is 10.0 Å². The van der Waals surface area contributed by atoms with E-state index in [-0.39, 0.29) is 5.91 Å². The zero-order chi connectivity index (χ0) is 13.6. The van der Waals surface area contributed by atoms with E-state index >= 15 is 0 Å². The largest absolute Gasteiger partial charge is 0.767 e. The molecular weight excluding hydrogens is 228 g/mol. The van der Waals surface area contributed by atoms with Gasteiger partial charge in [0.1, 0.15) is 0 Å². The van der Waals surface area contributed by atoms with Crippen LogP contribution in [0, 0.1) is 5.21 Å². The number of rotatable bonds is 11. The van der Waals surface area contributed by atoms with Gasteiger partial charge in [-0.2, -0.15) is 0 Å². The predicted octanol–water partition coefficient (Wildman–Crippen LogP) is 3.53. The SMILES string of the molecule is CCCCCCCCC=CC(=O)NN([O-])CCC. The molecule has 0 aliphatic rings. The fourth-order valence-electron chi connectivity index (χ4n) is 1.65. The van der Waals surface area contributed by atoms with Crippen molar-refractivity contribution in [3.8, 4) is 0 Å². The third-order valence-electron chi connectivity index (χ3n) is 2.66. The van der Waals surface area contributed by atoms with Crippen molar-refractivity contribution in [2.45, 2.75) is 65.2 Å². The first-order chi connectivity index (χ1) is 8.70. The number of allylic oxidation sites excluding steroid dienone is 1. The molecule has 1 N–H and O–H groups in total. The monoisotopic (exact) mass is 255 g/mol. The second kappa shape index (κ2) is 12.6. The Morgan fingerprint density at radius 3 is 2.44 bits per heavy atom. The predicted molar refractivity (Wildman–Crippen MR) is 75.6 cm³/mol. The van der Waals surface area contributed by atoms with Gasteiger partial charge in [0.2, 0.25) is 0 Å². The fourth-order valence-corrected chi connectivity index (χ4v) is 1.65. The minimum atomic E-state index is -0.329. The minimum Gasteiger partial charge on any atom is -0.767 e. The summed E-state index contributed by atoms with van der Waals surface area (Å²) in [4.78, 5) is 11.3. The van der Waals surface area contributed by atoms with Crippen LogP contribution in [0.4, 0.5) is 0 Å². The van der Waals surface area contributed by atoms with E-state index < -0.39 is 0 Å². The molecule has 0 aromatic carbocycles. The lowest BCUT2D eigenvalue weighted by Gasteiger charge is -2.26. The highest BCUT2D eigenvalue weighted by Crippen LogP contribution is 2.06. The second-order valence-electron chi connectivity index (χ2n) is 4.54. The fraction of sp³-hybridized carbons (Fsp3) is 0.786. The standard InChI is InChI=1S/C14H27N2O2/c1-3-5-6-7-8-9-10-11-12-14(17)15-16(18)13-4-2/h11-12H,3-10,13H2,1-2H3,(H,15,17)/q-1. The minimum absolute atomic E-state index is 0.329. The van der Waals surface area contributed by atoms with Crippen molar-refractivity contribution in [3.63, 3.8) is 0 Å². The second-order valence-corrected chi connectivity index (χ2v) is 4.54. The van der Waals surface area contributed by atoms with Crippen molar-refractivity contribution < 1.29 is 4.79 Å². The first kappa shape index (κ1) is 17.1. The Balaban J connectivity index is 3.43. The average Bonchev–Trinajstić information content (AvgIpc) is 2.32. The third kappa shape index (κ3) is 11.6. The Morgan fingerprint density at radius 2 is 1.78 bits per heavy atom. The molecule has 0 spiro atoms. The van der Waals surface area contributed by atoms with Gasteiger partial charge < -0.3 is 5.21 Å². The van der Waals surface area contributed by atoms with Gasteiger partial charge in [0.05, 0.1) is 0 Å². The summed E-state index contributed by atoms with van der Waals surface area (Å²) in [6, 6.07) is 0. The Labute approximate surface area is 111 Å². The van der Waals surface area contributed by atoms with Crippen LogP contribution in [0.5, 0.6) is 0 Å². The number of hydrogen-bond donors (Lipinski definition) is 1. The molecule has 1 amide bonds. The van der Waals surface area contributed by atoms with Crippen molar-refractivity contribution in [1.29, 1.82) is 0 Å². The number of hydroxylamine groups is 1. The van der Waals surface area contributed by atoms with Crippen LogP contribution in [0.2, 0.25) is 0 Å². The third-order valence-corrected chi connectivity index (χ3v) is 2.66. The van der Waals surface area contributed by atoms with E-state index in [1.807, 2.05) is 13.0 Å². The van der Waals surface area contributed by atoms with E-state index in [1.165, 1.54) is 38.2 Å². The molecule has 0 aliphatic carbocycles. The maximum Gasteiger partial charge on any atom is 0.257 e. The summed E-state index contributed by atoms with van der Waals surface area (Å²) in [5.74, 6) is -0.329. The number of hydrazine groups is 1. The molecule has 0 aromatic rings. The molecule has 0 fully saturated rings. The molecule has 0 unspecified atom stereocenters. The number of amides is 1. The molecule has 0 rings (SSSR count). The van der Waals surface area contributed by atoms with Crippen LogP contribution < -0.4 is 5.43 Å². The topological polar surface area (TPSA) is 55.4 Å². The molecule has 0 heterocycles. The van der Waals surface area contributed by atoms with Crippen molar-refractivity contribution in [1.82, 2.24) is 10.6 Å². The van der Waals surface area contributed by atoms with Crippen LogP contribution >= 0.6 is 0 Å². The lowest BCUT2D eigenvalue weighted by Crippen LogP contribution is -2.37. The van der Waals surface area contributed by atoms with Gasteiger partial charge in [0, 0.05) is 12.6 Å². The summed E-state index contributed by atoms with van der Waals surface area (Å²) in [5.41, 5.74) is 2.25. The number of unbranched alkanes of at least 4 members (excludes halogenated alkanes) is 6. The molecule has 18 heavy (non-hydrogen) atoms. The maximum atomic E-state index is 11.3. The molecule has 0 bridgehead atoms. The molecule has 4 heteroatoms. The van der Waals surface area contributed by atoms with Crippen LogP contribution in [0.1, 0.15) is 65.2 Å². The summed E-state index contributed by atoms with van der Waals surface area (Å²) in [7, 11) is 0. The van der Waals surface area contributed by atoms with Gasteiger partial charge in [0.25, 0.3) is 5.91 Å². The van der Waals surface area contributed by atoms with Crippen LogP contribution in [-0.2, 0) is 4.79 Å². The van der Waals surface area contributed by atoms with Gasteiger partial charge in [-0.1, -0.05) is 52.0 Å². The maximum absolute atomic E-state index is 11.3. The number of hydrogen-bond acceptors (Lipinski definition) is 3. The van der Waals surface area contributed by atoms with E-state index in [0.29, 0.717) is 11.7 Å². The zero-order valence-electron chi connectivity index (χ0n) is 11.8. The molecule has 4 nitrogen and oxygen atoms in total. The first-order valence-electron chi connectivity index (χ1n) is 7.12. The number of carbonyl (C=O) groups excluding carboxylic acids is 1. The van der Waals surface area contributed by atoms with Crippen molar-refractivity contribution in [2.75, 3.05) is 6.54 Å². The molecule has 0 saturated heterocycles. The van der Waals surface area contributed by atoms with Gasteiger partial charge in [-0.15, -0.1) is 0 Å². The molecule has 0 aromatic heterocycles. The van der Waals surface area contributed by atoms with Crippen LogP contribution in [-0.4, -0.2) is 17.6 Å². The molecule has 106 valence electrons. The first-order valence-corrected chi connectivity index (χ1v) is 7.12. The highest BCUT2D eigenvalue weighted by atomic mass is 16.5. The Morgan fingerprint density at radius 1 is 1.11 bits per heavy atom. The summed E-state index contributed by atoms with van der Waals surface area (Å²) in [6.45, 7) is 4.43. The molecule has 0 saturated carbocycles. The molecular formula is C14H27N2O2-. The van der Waals surface area contributed by atoms with Crippen molar-refractivity contribution in [2.24, 2.45) is 0 Å². The Hall–Kier alpha value is -0.870. The highest BCUT2D eigenvalue weighted by molar-refractivity contribution is 5.86. The zero-order valence-corrected chi connectivity index (χ0v) is 11.8. The summed E-state index contributed by atoms with van der Waals surface area (Å²) < 4.78 is 0. The van der Waals surface area contributed by atoms with Gasteiger partial charge in [-0.3, -0.25) is 15.4 Å². The quantitative estimate of drug-likeness (QED) is 0.349. The lowest BCUT2D eigenvalue weighted by molar-refractivity contribution is -0.120. The van der Waals surface area contributed by atoms with Gasteiger partial charge in [-0.25, -0.2) is 0 Å². The van der Waals surface area contributed by atoms with Crippen LogP contribution in [0.25, 0.3) is 0 Å². The van der Waals surface area contributed by atoms with Gasteiger partial charge in [-0.05, 0) is 19.3 Å². The van der Waals surface area contributed by atoms with E-state index in [0.717, 1.165) is 19.3 Å². The normalized spacial score (nSPS) is 11.3. The average molecular weight is 255 g/mol. The summed E-state index contributed by atoms with van der Waals surface area (Å²) >= 11 is 0. The van der Waals surface area contributed by atoms with Gasteiger partial charge >= 0.3 is 0 Å². The number of nitrogens with zero attached hydrogens (tertiary/aromatic N) is 1. The van der Waals surface area contributed by atoms with E-state index in [1.54, 1.807) is 0 Å². The highest BCUT2D eigenvalue weighted by Gasteiger charge is 1.95. The van der Waals surface area contributed by atoms with Crippen LogP contribution in [0.3, 0.4) is 0 Å². The molecule has 0 atom stereocenters.